The van der Waals surface area contributed by atoms with Gasteiger partial charge in [-0.05, 0) is 30.6 Å². The SMILES string of the molecule is CC(Nc1snc2ccccc12)c1nn[nH]n1. The number of hydrogen-bond donors (Lipinski definition) is 2. The number of fused-ring (bicyclic) bond motifs is 1. The van der Waals surface area contributed by atoms with Crippen LogP contribution < -0.4 is 5.32 Å². The summed E-state index contributed by atoms with van der Waals surface area (Å²) in [7, 11) is 0. The second kappa shape index (κ2) is 4.10. The first-order valence-electron chi connectivity index (χ1n) is 5.19. The van der Waals surface area contributed by atoms with Crippen LogP contribution >= 0.6 is 11.5 Å². The summed E-state index contributed by atoms with van der Waals surface area (Å²) in [4.78, 5) is 0. The highest BCUT2D eigenvalue weighted by atomic mass is 32.1. The maximum absolute atomic E-state index is 4.37. The second-order valence-electron chi connectivity index (χ2n) is 3.66. The topological polar surface area (TPSA) is 79.4 Å². The highest BCUT2D eigenvalue weighted by molar-refractivity contribution is 7.11. The lowest BCUT2D eigenvalue weighted by atomic mass is 10.2. The van der Waals surface area contributed by atoms with Gasteiger partial charge in [0.05, 0.1) is 11.6 Å². The normalized spacial score (nSPS) is 12.8. The third-order valence-electron chi connectivity index (χ3n) is 2.48. The van der Waals surface area contributed by atoms with E-state index in [2.05, 4.69) is 30.3 Å². The molecule has 1 aromatic carbocycles. The number of tetrazole rings is 1. The Bertz CT molecular complexity index is 617. The standard InChI is InChI=1S/C10H10N6S/c1-6(9-12-15-16-13-9)11-10-7-4-2-3-5-8(7)14-17-10/h2-6,11H,1H3,(H,12,13,15,16). The number of rotatable bonds is 3. The summed E-state index contributed by atoms with van der Waals surface area (Å²) in [5.41, 5.74) is 1.00. The molecule has 0 radical (unpaired) electrons. The molecule has 3 aromatic rings. The molecule has 0 amide bonds. The van der Waals surface area contributed by atoms with Gasteiger partial charge in [-0.25, -0.2) is 0 Å². The minimum atomic E-state index is -0.00222. The van der Waals surface area contributed by atoms with Crippen LogP contribution in [0.1, 0.15) is 18.8 Å². The number of H-pyrrole nitrogens is 1. The van der Waals surface area contributed by atoms with Crippen LogP contribution in [0.4, 0.5) is 5.00 Å². The van der Waals surface area contributed by atoms with Crippen LogP contribution in [0.25, 0.3) is 10.9 Å². The van der Waals surface area contributed by atoms with Crippen molar-refractivity contribution in [3.05, 3.63) is 30.1 Å². The van der Waals surface area contributed by atoms with Crippen LogP contribution in [0.2, 0.25) is 0 Å². The van der Waals surface area contributed by atoms with E-state index in [0.717, 1.165) is 15.9 Å². The summed E-state index contributed by atoms with van der Waals surface area (Å²) in [6.07, 6.45) is 0. The molecule has 0 saturated heterocycles. The van der Waals surface area contributed by atoms with Crippen molar-refractivity contribution < 1.29 is 0 Å². The van der Waals surface area contributed by atoms with E-state index in [4.69, 9.17) is 0 Å². The first-order valence-corrected chi connectivity index (χ1v) is 5.96. The van der Waals surface area contributed by atoms with Crippen LogP contribution in [-0.4, -0.2) is 25.0 Å². The van der Waals surface area contributed by atoms with E-state index in [1.165, 1.54) is 11.5 Å². The third-order valence-corrected chi connectivity index (χ3v) is 3.29. The predicted molar refractivity (Wildman–Crippen MR) is 65.8 cm³/mol. The van der Waals surface area contributed by atoms with Gasteiger partial charge in [-0.2, -0.15) is 9.59 Å². The van der Waals surface area contributed by atoms with Crippen molar-refractivity contribution in [3.8, 4) is 0 Å². The lowest BCUT2D eigenvalue weighted by molar-refractivity contribution is 0.797. The van der Waals surface area contributed by atoms with Gasteiger partial charge in [-0.15, -0.1) is 10.2 Å². The molecule has 7 heteroatoms. The molecule has 0 aliphatic carbocycles. The van der Waals surface area contributed by atoms with Crippen molar-refractivity contribution >= 4 is 27.4 Å². The van der Waals surface area contributed by atoms with Gasteiger partial charge in [-0.1, -0.05) is 17.3 Å². The molecule has 0 bridgehead atoms. The van der Waals surface area contributed by atoms with E-state index in [1.807, 2.05) is 31.2 Å². The van der Waals surface area contributed by atoms with E-state index < -0.39 is 0 Å². The number of hydrogen-bond acceptors (Lipinski definition) is 6. The largest absolute Gasteiger partial charge is 0.365 e. The van der Waals surface area contributed by atoms with Crippen molar-refractivity contribution in [1.29, 1.82) is 0 Å². The lowest BCUT2D eigenvalue weighted by Gasteiger charge is -2.08. The highest BCUT2D eigenvalue weighted by Gasteiger charge is 2.13. The summed E-state index contributed by atoms with van der Waals surface area (Å²) < 4.78 is 4.37. The van der Waals surface area contributed by atoms with Crippen molar-refractivity contribution in [2.45, 2.75) is 13.0 Å². The summed E-state index contributed by atoms with van der Waals surface area (Å²) in [6, 6.07) is 8.02. The monoisotopic (exact) mass is 246 g/mol. The van der Waals surface area contributed by atoms with Crippen molar-refractivity contribution in [1.82, 2.24) is 25.0 Å². The molecule has 0 fully saturated rings. The number of benzene rings is 1. The third kappa shape index (κ3) is 1.84. The Morgan fingerprint density at radius 3 is 3.06 bits per heavy atom. The summed E-state index contributed by atoms with van der Waals surface area (Å²) in [5.74, 6) is 0.641. The van der Waals surface area contributed by atoms with Crippen LogP contribution in [0.5, 0.6) is 0 Å². The zero-order valence-corrected chi connectivity index (χ0v) is 9.90. The Morgan fingerprint density at radius 1 is 1.35 bits per heavy atom. The smallest absolute Gasteiger partial charge is 0.196 e. The summed E-state index contributed by atoms with van der Waals surface area (Å²) in [5, 5.41) is 19.4. The average Bonchev–Trinajstić information content (AvgIpc) is 2.98. The molecule has 6 nitrogen and oxygen atoms in total. The first-order chi connectivity index (χ1) is 8.34. The molecule has 1 unspecified atom stereocenters. The van der Waals surface area contributed by atoms with Gasteiger partial charge in [0.15, 0.2) is 5.82 Å². The Hall–Kier alpha value is -2.02. The van der Waals surface area contributed by atoms with E-state index >= 15 is 0 Å². The fraction of sp³-hybridized carbons (Fsp3) is 0.200. The summed E-state index contributed by atoms with van der Waals surface area (Å²) in [6.45, 7) is 1.99. The molecule has 1 atom stereocenters. The maximum Gasteiger partial charge on any atom is 0.196 e. The highest BCUT2D eigenvalue weighted by Crippen LogP contribution is 2.29. The molecule has 0 aliphatic heterocycles. The number of nitrogens with zero attached hydrogens (tertiary/aromatic N) is 4. The molecular formula is C10H10N6S. The molecule has 0 aliphatic rings. The molecule has 0 spiro atoms. The Kier molecular flexibility index (Phi) is 2.45. The fourth-order valence-electron chi connectivity index (χ4n) is 1.61. The van der Waals surface area contributed by atoms with Crippen LogP contribution in [0.3, 0.4) is 0 Å². The maximum atomic E-state index is 4.37. The zero-order chi connectivity index (χ0) is 11.7. The van der Waals surface area contributed by atoms with Crippen LogP contribution in [-0.2, 0) is 0 Å². The molecule has 86 valence electrons. The van der Waals surface area contributed by atoms with E-state index in [1.54, 1.807) is 0 Å². The van der Waals surface area contributed by atoms with E-state index in [0.29, 0.717) is 5.82 Å². The molecule has 17 heavy (non-hydrogen) atoms. The number of aromatic nitrogens is 5. The quantitative estimate of drug-likeness (QED) is 0.738. The molecule has 2 aromatic heterocycles. The number of aromatic amines is 1. The van der Waals surface area contributed by atoms with Gasteiger partial charge in [0.1, 0.15) is 5.00 Å². The van der Waals surface area contributed by atoms with Gasteiger partial charge < -0.3 is 5.32 Å². The molecular weight excluding hydrogens is 236 g/mol. The van der Waals surface area contributed by atoms with Crippen molar-refractivity contribution in [2.24, 2.45) is 0 Å². The molecule has 2 heterocycles. The van der Waals surface area contributed by atoms with Gasteiger partial charge in [0.2, 0.25) is 0 Å². The second-order valence-corrected chi connectivity index (χ2v) is 4.44. The number of nitrogens with one attached hydrogen (secondary N) is 2. The fourth-order valence-corrected chi connectivity index (χ4v) is 2.46. The van der Waals surface area contributed by atoms with Crippen molar-refractivity contribution in [3.63, 3.8) is 0 Å². The van der Waals surface area contributed by atoms with Gasteiger partial charge in [0.25, 0.3) is 0 Å². The van der Waals surface area contributed by atoms with Crippen LogP contribution in [0.15, 0.2) is 24.3 Å². The Balaban J connectivity index is 1.90. The van der Waals surface area contributed by atoms with Gasteiger partial charge >= 0.3 is 0 Å². The predicted octanol–water partition coefficient (Wildman–Crippen LogP) is 1.98. The minimum Gasteiger partial charge on any atom is -0.365 e. The van der Waals surface area contributed by atoms with Gasteiger partial charge in [-0.3, -0.25) is 0 Å². The van der Waals surface area contributed by atoms with E-state index in [9.17, 15) is 0 Å². The van der Waals surface area contributed by atoms with Crippen molar-refractivity contribution in [2.75, 3.05) is 5.32 Å². The lowest BCUT2D eigenvalue weighted by Crippen LogP contribution is -2.07. The zero-order valence-electron chi connectivity index (χ0n) is 9.08. The number of anilines is 1. The average molecular weight is 246 g/mol. The Labute approximate surface area is 101 Å². The molecule has 0 saturated carbocycles. The van der Waals surface area contributed by atoms with E-state index in [-0.39, 0.29) is 6.04 Å². The molecule has 2 N–H and O–H groups in total. The minimum absolute atomic E-state index is 0.00222. The molecule has 3 rings (SSSR count). The Morgan fingerprint density at radius 2 is 2.24 bits per heavy atom. The summed E-state index contributed by atoms with van der Waals surface area (Å²) >= 11 is 1.44. The van der Waals surface area contributed by atoms with Gasteiger partial charge in [0, 0.05) is 5.39 Å². The van der Waals surface area contributed by atoms with Crippen LogP contribution in [0, 0.1) is 0 Å². The first kappa shape index (κ1) is 10.2.